The summed E-state index contributed by atoms with van der Waals surface area (Å²) in [6.45, 7) is 10.7. The van der Waals surface area contributed by atoms with Gasteiger partial charge in [-0.2, -0.15) is 0 Å². The van der Waals surface area contributed by atoms with Crippen molar-refractivity contribution < 1.29 is 4.43 Å². The van der Waals surface area contributed by atoms with E-state index in [9.17, 15) is 0 Å². The van der Waals surface area contributed by atoms with E-state index >= 15 is 0 Å². The molecule has 0 amide bonds. The van der Waals surface area contributed by atoms with Crippen LogP contribution in [-0.2, 0) is 4.43 Å². The van der Waals surface area contributed by atoms with Crippen LogP contribution < -0.4 is 0 Å². The smallest absolute Gasteiger partial charge is 0.242 e. The van der Waals surface area contributed by atoms with E-state index in [1.807, 2.05) is 0 Å². The highest BCUT2D eigenvalue weighted by molar-refractivity contribution is 6.70. The summed E-state index contributed by atoms with van der Waals surface area (Å²) in [5, 5.41) is 7.79. The first-order valence-corrected chi connectivity index (χ1v) is 11.4. The molecule has 0 aliphatic heterocycles. The first kappa shape index (κ1) is 14.3. The maximum atomic E-state index is 6.10. The van der Waals surface area contributed by atoms with Gasteiger partial charge >= 0.3 is 0 Å². The van der Waals surface area contributed by atoms with Crippen LogP contribution in [0.25, 0.3) is 38.1 Å². The predicted octanol–water partition coefficient (Wildman–Crippen LogP) is 6.41. The summed E-state index contributed by atoms with van der Waals surface area (Å²) in [4.78, 5) is 0. The molecule has 1 nitrogen and oxygen atoms in total. The molecule has 0 bridgehead atoms. The van der Waals surface area contributed by atoms with Gasteiger partial charge in [-0.15, -0.1) is 0 Å². The van der Waals surface area contributed by atoms with E-state index in [0.29, 0.717) is 0 Å². The van der Waals surface area contributed by atoms with Crippen molar-refractivity contribution in [1.29, 1.82) is 0 Å². The molecule has 0 unspecified atom stereocenters. The SMILES string of the molecule is C=C(O[Si](C)(C)C)c1cc2ccc3cccc4ccc(c1)c2c34. The standard InChI is InChI=1S/C21H20OSi/c1-14(22-23(2,3)4)19-12-17-10-8-15-6-5-7-16-9-11-18(13-19)21(17)20(15)16/h5-13H,1H2,2-4H3. The van der Waals surface area contributed by atoms with Crippen LogP contribution in [0.15, 0.2) is 61.2 Å². The van der Waals surface area contributed by atoms with E-state index in [1.54, 1.807) is 0 Å². The van der Waals surface area contributed by atoms with Crippen molar-refractivity contribution in [1.82, 2.24) is 0 Å². The zero-order valence-corrected chi connectivity index (χ0v) is 14.8. The molecule has 2 heteroatoms. The predicted molar refractivity (Wildman–Crippen MR) is 104 cm³/mol. The third-order valence-electron chi connectivity index (χ3n) is 4.21. The fourth-order valence-corrected chi connectivity index (χ4v) is 4.20. The molecule has 4 aromatic rings. The maximum Gasteiger partial charge on any atom is 0.242 e. The molecule has 0 atom stereocenters. The topological polar surface area (TPSA) is 9.23 Å². The Morgan fingerprint density at radius 1 is 0.783 bits per heavy atom. The van der Waals surface area contributed by atoms with Crippen LogP contribution >= 0.6 is 0 Å². The molecule has 0 aliphatic rings. The van der Waals surface area contributed by atoms with E-state index in [-0.39, 0.29) is 0 Å². The lowest BCUT2D eigenvalue weighted by molar-refractivity contribution is 0.516. The van der Waals surface area contributed by atoms with Gasteiger partial charge in [0.25, 0.3) is 0 Å². The molecule has 0 saturated heterocycles. The van der Waals surface area contributed by atoms with Crippen molar-refractivity contribution in [3.8, 4) is 0 Å². The summed E-state index contributed by atoms with van der Waals surface area (Å²) >= 11 is 0. The summed E-state index contributed by atoms with van der Waals surface area (Å²) in [6, 6.07) is 19.7. The number of benzene rings is 4. The second-order valence-corrected chi connectivity index (χ2v) is 11.6. The molecule has 0 aromatic heterocycles. The highest BCUT2D eigenvalue weighted by atomic mass is 28.4. The highest BCUT2D eigenvalue weighted by Gasteiger charge is 2.18. The van der Waals surface area contributed by atoms with Crippen LogP contribution in [0, 0.1) is 0 Å². The fraction of sp³-hybridized carbons (Fsp3) is 0.143. The molecule has 0 saturated carbocycles. The average Bonchev–Trinajstić information content (AvgIpc) is 2.50. The molecule has 0 aliphatic carbocycles. The van der Waals surface area contributed by atoms with E-state index in [4.69, 9.17) is 4.43 Å². The summed E-state index contributed by atoms with van der Waals surface area (Å²) in [6.07, 6.45) is 0. The van der Waals surface area contributed by atoms with Gasteiger partial charge < -0.3 is 4.43 Å². The van der Waals surface area contributed by atoms with Crippen LogP contribution in [0.2, 0.25) is 19.6 Å². The third kappa shape index (κ3) is 2.39. The van der Waals surface area contributed by atoms with Gasteiger partial charge in [-0.3, -0.25) is 0 Å². The van der Waals surface area contributed by atoms with Gasteiger partial charge in [-0.05, 0) is 64.1 Å². The van der Waals surface area contributed by atoms with E-state index in [1.165, 1.54) is 32.3 Å². The Labute approximate surface area is 137 Å². The molecule has 0 radical (unpaired) electrons. The molecule has 4 rings (SSSR count). The highest BCUT2D eigenvalue weighted by Crippen LogP contribution is 2.36. The first-order chi connectivity index (χ1) is 10.9. The normalized spacial score (nSPS) is 12.3. The molecule has 0 spiro atoms. The summed E-state index contributed by atoms with van der Waals surface area (Å²) in [5.41, 5.74) is 1.08. The van der Waals surface area contributed by atoms with Crippen molar-refractivity contribution in [2.45, 2.75) is 19.6 Å². The monoisotopic (exact) mass is 316 g/mol. The van der Waals surface area contributed by atoms with E-state index in [0.717, 1.165) is 11.3 Å². The van der Waals surface area contributed by atoms with Gasteiger partial charge in [0.05, 0.1) is 0 Å². The van der Waals surface area contributed by atoms with Crippen LogP contribution in [-0.4, -0.2) is 8.32 Å². The van der Waals surface area contributed by atoms with Gasteiger partial charge in [0, 0.05) is 5.56 Å². The Morgan fingerprint density at radius 2 is 1.26 bits per heavy atom. The molecule has 4 aromatic carbocycles. The molecule has 0 heterocycles. The van der Waals surface area contributed by atoms with Gasteiger partial charge in [-0.1, -0.05) is 49.0 Å². The number of rotatable bonds is 3. The Balaban J connectivity index is 1.98. The van der Waals surface area contributed by atoms with Crippen LogP contribution in [0.1, 0.15) is 5.56 Å². The van der Waals surface area contributed by atoms with Gasteiger partial charge in [0.2, 0.25) is 8.32 Å². The lowest BCUT2D eigenvalue weighted by Crippen LogP contribution is -2.24. The quantitative estimate of drug-likeness (QED) is 0.241. The zero-order chi connectivity index (χ0) is 16.2. The zero-order valence-electron chi connectivity index (χ0n) is 13.8. The average molecular weight is 316 g/mol. The third-order valence-corrected chi connectivity index (χ3v) is 5.07. The molecule has 23 heavy (non-hydrogen) atoms. The Hall–Kier alpha value is -2.32. The van der Waals surface area contributed by atoms with Crippen LogP contribution in [0.3, 0.4) is 0 Å². The minimum Gasteiger partial charge on any atom is -0.544 e. The van der Waals surface area contributed by atoms with E-state index in [2.05, 4.69) is 80.8 Å². The summed E-state index contributed by atoms with van der Waals surface area (Å²) < 4.78 is 6.10. The van der Waals surface area contributed by atoms with E-state index < -0.39 is 8.32 Å². The van der Waals surface area contributed by atoms with Gasteiger partial charge in [0.15, 0.2) is 0 Å². The fourth-order valence-electron chi connectivity index (χ4n) is 3.34. The lowest BCUT2D eigenvalue weighted by Gasteiger charge is -2.22. The summed E-state index contributed by atoms with van der Waals surface area (Å²) in [5.74, 6) is 0.787. The minimum atomic E-state index is -1.65. The van der Waals surface area contributed by atoms with Gasteiger partial charge in [0.1, 0.15) is 5.76 Å². The Bertz CT molecular complexity index is 976. The maximum absolute atomic E-state index is 6.10. The molecule has 114 valence electrons. The second kappa shape index (κ2) is 4.84. The molecular weight excluding hydrogens is 296 g/mol. The van der Waals surface area contributed by atoms with Crippen molar-refractivity contribution in [3.63, 3.8) is 0 Å². The van der Waals surface area contributed by atoms with Crippen LogP contribution in [0.5, 0.6) is 0 Å². The summed E-state index contributed by atoms with van der Waals surface area (Å²) in [7, 11) is -1.65. The minimum absolute atomic E-state index is 0.787. The lowest BCUT2D eigenvalue weighted by atomic mass is 9.93. The van der Waals surface area contributed by atoms with Crippen molar-refractivity contribution in [2.24, 2.45) is 0 Å². The molecule has 0 N–H and O–H groups in total. The van der Waals surface area contributed by atoms with Gasteiger partial charge in [-0.25, -0.2) is 0 Å². The van der Waals surface area contributed by atoms with Crippen molar-refractivity contribution in [2.75, 3.05) is 0 Å². The molecule has 0 fully saturated rings. The second-order valence-electron chi connectivity index (χ2n) is 7.15. The van der Waals surface area contributed by atoms with Crippen molar-refractivity contribution in [3.05, 3.63) is 66.7 Å². The Kier molecular flexibility index (Phi) is 3.00. The largest absolute Gasteiger partial charge is 0.544 e. The number of hydrogen-bond acceptors (Lipinski definition) is 1. The van der Waals surface area contributed by atoms with Crippen molar-refractivity contribution >= 4 is 46.4 Å². The first-order valence-electron chi connectivity index (χ1n) is 7.98. The number of hydrogen-bond donors (Lipinski definition) is 0. The molecular formula is C21H20OSi. The van der Waals surface area contributed by atoms with Crippen LogP contribution in [0.4, 0.5) is 0 Å². The Morgan fingerprint density at radius 3 is 1.78 bits per heavy atom.